The number of fused-ring (bicyclic) bond motifs is 4. The summed E-state index contributed by atoms with van der Waals surface area (Å²) in [6.45, 7) is 16.8. The number of ether oxygens (including phenoxy) is 4. The van der Waals surface area contributed by atoms with Crippen molar-refractivity contribution in [3.05, 3.63) is 59.3 Å². The number of anilines is 1. The summed E-state index contributed by atoms with van der Waals surface area (Å²) >= 11 is 0. The van der Waals surface area contributed by atoms with Gasteiger partial charge in [0.25, 0.3) is 0 Å². The number of rotatable bonds is 2. The van der Waals surface area contributed by atoms with E-state index in [0.717, 1.165) is 34.4 Å². The molecule has 0 fully saturated rings. The van der Waals surface area contributed by atoms with Crippen LogP contribution in [0, 0.1) is 0 Å². The molecule has 13 heteroatoms. The minimum absolute atomic E-state index is 0.174. The predicted octanol–water partition coefficient (Wildman–Crippen LogP) is 9.96. The first-order valence-corrected chi connectivity index (χ1v) is 16.0. The second-order valence-corrected chi connectivity index (χ2v) is 15.4. The van der Waals surface area contributed by atoms with E-state index in [1.807, 2.05) is 27.7 Å². The van der Waals surface area contributed by atoms with E-state index in [1.165, 1.54) is 22.5 Å². The van der Waals surface area contributed by atoms with Crippen molar-refractivity contribution >= 4 is 24.9 Å². The van der Waals surface area contributed by atoms with Crippen molar-refractivity contribution in [2.24, 2.45) is 0 Å². The van der Waals surface area contributed by atoms with Gasteiger partial charge in [-0.15, -0.1) is 0 Å². The molecule has 0 saturated carbocycles. The molecule has 44 heavy (non-hydrogen) atoms. The van der Waals surface area contributed by atoms with E-state index in [0.29, 0.717) is 0 Å². The second-order valence-electron chi connectivity index (χ2n) is 13.5. The molecule has 0 N–H and O–H groups in total. The third-order valence-corrected chi connectivity index (χ3v) is 8.13. The fourth-order valence-electron chi connectivity index (χ4n) is 6.32. The first kappa shape index (κ1) is 32.0. The van der Waals surface area contributed by atoms with Crippen LogP contribution < -0.4 is 23.8 Å². The summed E-state index contributed by atoms with van der Waals surface area (Å²) in [5, 5.41) is 0. The molecular weight excluding hydrogens is 609 g/mol. The molecule has 0 aromatic heterocycles. The molecule has 4 aliphatic rings. The van der Waals surface area contributed by atoms with Crippen LogP contribution >= 0.6 is 7.81 Å². The molecule has 4 heterocycles. The van der Waals surface area contributed by atoms with Crippen molar-refractivity contribution in [2.75, 3.05) is 19.0 Å². The summed E-state index contributed by atoms with van der Waals surface area (Å²) in [7, 11) is -6.41. The number of hydrogen-bond donors (Lipinski definition) is 0. The zero-order chi connectivity index (χ0) is 33.1. The van der Waals surface area contributed by atoms with Gasteiger partial charge in [0.15, 0.2) is 28.7 Å². The van der Waals surface area contributed by atoms with E-state index in [4.69, 9.17) is 18.9 Å². The van der Waals surface area contributed by atoms with Gasteiger partial charge in [-0.25, -0.2) is 0 Å². The van der Waals surface area contributed by atoms with Gasteiger partial charge in [0.2, 0.25) is 17.3 Å². The van der Waals surface area contributed by atoms with Gasteiger partial charge in [-0.1, -0.05) is 19.9 Å². The zero-order valence-corrected chi connectivity index (χ0v) is 27.2. The molecular formula is C31H37F6N2O4P. The van der Waals surface area contributed by atoms with Gasteiger partial charge >= 0.3 is 33.0 Å². The first-order valence-electron chi connectivity index (χ1n) is 14.0. The number of halogens is 6. The predicted molar refractivity (Wildman–Crippen MR) is 160 cm³/mol. The van der Waals surface area contributed by atoms with Gasteiger partial charge in [-0.3, -0.25) is 0 Å². The SMILES string of the molecule is CN1C(=CC=CC2=[N+](C)c3cc4c(cc3C2(C)C)OC(C)(C)O4)C(C)(C)c2cc3c(cc21)OC(C)(C)O3.F[P-](F)(F)(F)(F)F. The van der Waals surface area contributed by atoms with Gasteiger partial charge < -0.3 is 23.8 Å². The molecule has 0 aliphatic carbocycles. The first-order chi connectivity index (χ1) is 19.6. The van der Waals surface area contributed by atoms with Gasteiger partial charge in [-0.2, -0.15) is 4.58 Å². The molecule has 2 aromatic carbocycles. The summed E-state index contributed by atoms with van der Waals surface area (Å²) in [6, 6.07) is 8.50. The Kier molecular flexibility index (Phi) is 6.29. The quantitative estimate of drug-likeness (QED) is 0.185. The summed E-state index contributed by atoms with van der Waals surface area (Å²) in [6.07, 6.45) is 6.63. The third-order valence-electron chi connectivity index (χ3n) is 8.13. The summed E-state index contributed by atoms with van der Waals surface area (Å²) in [4.78, 5) is 2.26. The molecule has 2 aromatic rings. The molecule has 0 amide bonds. The van der Waals surface area contributed by atoms with Gasteiger partial charge in [0.05, 0.1) is 11.5 Å². The Balaban J connectivity index is 0.000000493. The normalized spacial score (nSPS) is 23.7. The molecule has 6 rings (SSSR count). The Morgan fingerprint density at radius 2 is 1.11 bits per heavy atom. The maximum absolute atomic E-state index is 10.7. The number of benzene rings is 2. The van der Waals surface area contributed by atoms with E-state index in [1.54, 1.807) is 0 Å². The Morgan fingerprint density at radius 3 is 1.61 bits per heavy atom. The standard InChI is InChI=1S/C31H37N2O4.F6P/c1-28(2)18-14-22-24(36-30(5,6)34-22)16-20(18)32(9)26(28)12-11-13-27-29(3,4)19-15-23-25(17-21(19)33(27)10)37-31(7,8)35-23;1-7(2,3,4,5)6/h11-17H,1-10H3;/q+1;-1. The average molecular weight is 647 g/mol. The van der Waals surface area contributed by atoms with Crippen LogP contribution in [0.25, 0.3) is 0 Å². The Hall–Kier alpha value is -3.40. The number of allylic oxidation sites excluding steroid dienone is 4. The molecule has 6 nitrogen and oxygen atoms in total. The van der Waals surface area contributed by atoms with Crippen LogP contribution in [-0.2, 0) is 10.8 Å². The van der Waals surface area contributed by atoms with Crippen LogP contribution in [0.3, 0.4) is 0 Å². The molecule has 0 bridgehead atoms. The van der Waals surface area contributed by atoms with E-state index in [-0.39, 0.29) is 10.8 Å². The van der Waals surface area contributed by atoms with Crippen molar-refractivity contribution in [1.29, 1.82) is 0 Å². The Bertz CT molecular complexity index is 1680. The van der Waals surface area contributed by atoms with Crippen LogP contribution in [0.1, 0.15) is 66.5 Å². The third kappa shape index (κ3) is 6.10. The van der Waals surface area contributed by atoms with Gasteiger partial charge in [0.1, 0.15) is 7.05 Å². The van der Waals surface area contributed by atoms with Crippen LogP contribution in [-0.4, -0.2) is 36.0 Å². The van der Waals surface area contributed by atoms with E-state index >= 15 is 0 Å². The molecule has 4 aliphatic heterocycles. The molecule has 242 valence electrons. The van der Waals surface area contributed by atoms with Crippen molar-refractivity contribution in [1.82, 2.24) is 0 Å². The second kappa shape index (κ2) is 8.65. The van der Waals surface area contributed by atoms with Crippen molar-refractivity contribution in [3.8, 4) is 23.0 Å². The maximum atomic E-state index is 9.87. The van der Waals surface area contributed by atoms with Gasteiger partial charge in [-0.05, 0) is 37.6 Å². The van der Waals surface area contributed by atoms with Crippen LogP contribution in [0.15, 0.2) is 48.2 Å². The molecule has 0 spiro atoms. The molecule has 0 saturated heterocycles. The van der Waals surface area contributed by atoms with Crippen molar-refractivity contribution in [3.63, 3.8) is 0 Å². The van der Waals surface area contributed by atoms with E-state index in [9.17, 15) is 25.2 Å². The van der Waals surface area contributed by atoms with Crippen LogP contribution in [0.5, 0.6) is 23.0 Å². The van der Waals surface area contributed by atoms with Gasteiger partial charge in [0, 0.05) is 69.2 Å². The average Bonchev–Trinajstić information content (AvgIpc) is 3.40. The van der Waals surface area contributed by atoms with Crippen LogP contribution in [0.2, 0.25) is 0 Å². The number of likely N-dealkylation sites (N-methyl/N-ethyl adjacent to an activating group) is 1. The fourth-order valence-corrected chi connectivity index (χ4v) is 6.32. The zero-order valence-electron chi connectivity index (χ0n) is 26.3. The number of hydrogen-bond acceptors (Lipinski definition) is 5. The van der Waals surface area contributed by atoms with Crippen LogP contribution in [0.4, 0.5) is 36.6 Å². The number of nitrogens with zero attached hydrogens (tertiary/aromatic N) is 2. The summed E-state index contributed by atoms with van der Waals surface area (Å²) in [5.41, 5.74) is 6.89. The molecule has 0 radical (unpaired) electrons. The van der Waals surface area contributed by atoms with E-state index in [2.05, 4.69) is 93.8 Å². The topological polar surface area (TPSA) is 43.2 Å². The van der Waals surface area contributed by atoms with Crippen molar-refractivity contribution in [2.45, 2.75) is 77.8 Å². The molecule has 0 unspecified atom stereocenters. The van der Waals surface area contributed by atoms with Crippen molar-refractivity contribution < 1.29 is 48.7 Å². The van der Waals surface area contributed by atoms with E-state index < -0.39 is 19.4 Å². The Morgan fingerprint density at radius 1 is 0.682 bits per heavy atom. The summed E-state index contributed by atoms with van der Waals surface area (Å²) in [5.74, 6) is 1.96. The monoisotopic (exact) mass is 646 g/mol. The summed E-state index contributed by atoms with van der Waals surface area (Å²) < 4.78 is 85.6. The Labute approximate surface area is 252 Å². The fraction of sp³-hybridized carbons (Fsp3) is 0.452. The molecule has 0 atom stereocenters. The minimum atomic E-state index is -10.7.